The summed E-state index contributed by atoms with van der Waals surface area (Å²) in [7, 11) is 0. The highest BCUT2D eigenvalue weighted by Gasteiger charge is 2.38. The molecule has 0 unspecified atom stereocenters. The van der Waals surface area contributed by atoms with Gasteiger partial charge in [0.25, 0.3) is 11.8 Å². The maximum absolute atomic E-state index is 13.6. The van der Waals surface area contributed by atoms with Crippen LogP contribution < -0.4 is 10.2 Å². The summed E-state index contributed by atoms with van der Waals surface area (Å²) in [5.41, 5.74) is 1.71. The zero-order chi connectivity index (χ0) is 21.8. The van der Waals surface area contributed by atoms with Gasteiger partial charge in [-0.15, -0.1) is 5.10 Å². The normalized spacial score (nSPS) is 15.4. The highest BCUT2D eigenvalue weighted by atomic mass is 32.1. The summed E-state index contributed by atoms with van der Waals surface area (Å²) in [6.45, 7) is 3.74. The zero-order valence-electron chi connectivity index (χ0n) is 17.7. The molecule has 2 aromatic heterocycles. The predicted molar refractivity (Wildman–Crippen MR) is 119 cm³/mol. The quantitative estimate of drug-likeness (QED) is 0.608. The predicted octanol–water partition coefficient (Wildman–Crippen LogP) is 4.58. The lowest BCUT2D eigenvalue weighted by Gasteiger charge is -2.32. The van der Waals surface area contributed by atoms with Crippen LogP contribution >= 0.6 is 11.5 Å². The Hall–Kier alpha value is -3.00. The van der Waals surface area contributed by atoms with Crippen molar-refractivity contribution < 1.29 is 14.0 Å². The lowest BCUT2D eigenvalue weighted by Crippen LogP contribution is -2.47. The first kappa shape index (κ1) is 21.2. The molecule has 4 rings (SSSR count). The van der Waals surface area contributed by atoms with Crippen molar-refractivity contribution >= 4 is 29.0 Å². The van der Waals surface area contributed by atoms with Gasteiger partial charge in [0, 0.05) is 17.1 Å². The van der Waals surface area contributed by atoms with Crippen molar-refractivity contribution in [3.05, 3.63) is 64.6 Å². The Bertz CT molecular complexity index is 1040. The number of anilines is 1. The van der Waals surface area contributed by atoms with Gasteiger partial charge in [0.15, 0.2) is 11.7 Å². The van der Waals surface area contributed by atoms with Crippen LogP contribution in [0.3, 0.4) is 0 Å². The summed E-state index contributed by atoms with van der Waals surface area (Å²) in [4.78, 5) is 28.7. The van der Waals surface area contributed by atoms with Crippen LogP contribution in [0.5, 0.6) is 0 Å². The molecule has 1 aliphatic rings. The van der Waals surface area contributed by atoms with Crippen LogP contribution in [0.2, 0.25) is 0 Å². The number of para-hydroxylation sites is 1. The zero-order valence-corrected chi connectivity index (χ0v) is 18.5. The van der Waals surface area contributed by atoms with Gasteiger partial charge in [-0.3, -0.25) is 14.5 Å². The molecule has 2 heterocycles. The molecule has 1 N–H and O–H groups in total. The number of nitrogens with one attached hydrogen (secondary N) is 1. The van der Waals surface area contributed by atoms with Crippen LogP contribution in [0.4, 0.5) is 5.69 Å². The van der Waals surface area contributed by atoms with Crippen molar-refractivity contribution in [2.24, 2.45) is 0 Å². The SMILES string of the molecule is Cc1ccc([C@@H](C(=O)NC2CCCCC2)N(C(=O)c2csnn2)c2ccccc2C)o1. The highest BCUT2D eigenvalue weighted by molar-refractivity contribution is 7.03. The van der Waals surface area contributed by atoms with E-state index in [2.05, 4.69) is 14.9 Å². The minimum Gasteiger partial charge on any atom is -0.464 e. The van der Waals surface area contributed by atoms with E-state index in [1.807, 2.05) is 38.1 Å². The smallest absolute Gasteiger partial charge is 0.280 e. The average Bonchev–Trinajstić information content (AvgIpc) is 3.45. The number of hydrogen-bond donors (Lipinski definition) is 1. The Morgan fingerprint density at radius 3 is 2.55 bits per heavy atom. The topological polar surface area (TPSA) is 88.3 Å². The van der Waals surface area contributed by atoms with Crippen LogP contribution in [0, 0.1) is 13.8 Å². The van der Waals surface area contributed by atoms with Crippen LogP contribution in [-0.4, -0.2) is 27.4 Å². The van der Waals surface area contributed by atoms with Gasteiger partial charge in [0.1, 0.15) is 11.5 Å². The van der Waals surface area contributed by atoms with E-state index >= 15 is 0 Å². The molecule has 2 amide bonds. The van der Waals surface area contributed by atoms with Crippen LogP contribution in [-0.2, 0) is 4.79 Å². The van der Waals surface area contributed by atoms with Gasteiger partial charge >= 0.3 is 0 Å². The van der Waals surface area contributed by atoms with E-state index < -0.39 is 6.04 Å². The van der Waals surface area contributed by atoms with Gasteiger partial charge in [-0.25, -0.2) is 0 Å². The number of furan rings is 1. The third-order valence-corrected chi connectivity index (χ3v) is 6.17. The van der Waals surface area contributed by atoms with E-state index in [-0.39, 0.29) is 23.6 Å². The molecule has 3 aromatic rings. The monoisotopic (exact) mass is 438 g/mol. The van der Waals surface area contributed by atoms with E-state index in [1.54, 1.807) is 17.5 Å². The first-order valence-corrected chi connectivity index (χ1v) is 11.4. The van der Waals surface area contributed by atoms with Crippen LogP contribution in [0.1, 0.15) is 65.7 Å². The molecule has 31 heavy (non-hydrogen) atoms. The fourth-order valence-electron chi connectivity index (χ4n) is 4.08. The Kier molecular flexibility index (Phi) is 6.46. The number of carbonyl (C=O) groups excluding carboxylic acids is 2. The van der Waals surface area contributed by atoms with E-state index in [0.29, 0.717) is 17.2 Å². The molecule has 1 aromatic carbocycles. The van der Waals surface area contributed by atoms with Gasteiger partial charge in [-0.1, -0.05) is 41.9 Å². The Labute approximate surface area is 185 Å². The molecule has 0 aliphatic heterocycles. The summed E-state index contributed by atoms with van der Waals surface area (Å²) in [5.74, 6) is 0.463. The molecular formula is C23H26N4O3S. The van der Waals surface area contributed by atoms with Gasteiger partial charge < -0.3 is 9.73 Å². The summed E-state index contributed by atoms with van der Waals surface area (Å²) in [5, 5.41) is 8.73. The molecule has 0 saturated heterocycles. The molecule has 1 fully saturated rings. The molecule has 0 spiro atoms. The summed E-state index contributed by atoms with van der Waals surface area (Å²) >= 11 is 1.10. The number of aromatic nitrogens is 2. The number of nitrogens with zero attached hydrogens (tertiary/aromatic N) is 3. The standard InChI is InChI=1S/C23H26N4O3S/c1-15-8-6-7-11-19(15)27(23(29)18-14-31-26-25-18)21(20-13-12-16(2)30-20)22(28)24-17-9-4-3-5-10-17/h6-8,11-14,17,21H,3-5,9-10H2,1-2H3,(H,24,28)/t21-/m0/s1. The fourth-order valence-corrected chi connectivity index (χ4v) is 4.51. The Morgan fingerprint density at radius 1 is 1.13 bits per heavy atom. The van der Waals surface area contributed by atoms with Crippen LogP contribution in [0.25, 0.3) is 0 Å². The maximum Gasteiger partial charge on any atom is 0.280 e. The summed E-state index contributed by atoms with van der Waals surface area (Å²) < 4.78 is 9.71. The van der Waals surface area contributed by atoms with E-state index in [1.165, 1.54) is 11.3 Å². The minimum absolute atomic E-state index is 0.106. The Balaban J connectivity index is 1.78. The lowest BCUT2D eigenvalue weighted by atomic mass is 9.95. The third-order valence-electron chi connectivity index (χ3n) is 5.66. The molecule has 162 valence electrons. The summed E-state index contributed by atoms with van der Waals surface area (Å²) in [6, 6.07) is 10.2. The molecule has 1 saturated carbocycles. The first-order valence-electron chi connectivity index (χ1n) is 10.6. The Morgan fingerprint density at radius 2 is 1.90 bits per heavy atom. The molecule has 0 bridgehead atoms. The van der Waals surface area contributed by atoms with Gasteiger partial charge in [-0.05, 0) is 62.0 Å². The molecule has 7 nitrogen and oxygen atoms in total. The molecular weight excluding hydrogens is 412 g/mol. The molecule has 8 heteroatoms. The second-order valence-electron chi connectivity index (χ2n) is 7.95. The molecule has 1 aliphatic carbocycles. The van der Waals surface area contributed by atoms with Gasteiger partial charge in [-0.2, -0.15) is 0 Å². The maximum atomic E-state index is 13.6. The number of hydrogen-bond acceptors (Lipinski definition) is 6. The average molecular weight is 439 g/mol. The minimum atomic E-state index is -0.953. The number of amides is 2. The van der Waals surface area contributed by atoms with Crippen molar-refractivity contribution in [2.45, 2.75) is 58.0 Å². The second-order valence-corrected chi connectivity index (χ2v) is 8.56. The van der Waals surface area contributed by atoms with Gasteiger partial charge in [0.2, 0.25) is 0 Å². The third kappa shape index (κ3) is 4.69. The number of carbonyl (C=O) groups is 2. The van der Waals surface area contributed by atoms with Crippen molar-refractivity contribution in [1.29, 1.82) is 0 Å². The fraction of sp³-hybridized carbons (Fsp3) is 0.391. The lowest BCUT2D eigenvalue weighted by molar-refractivity contribution is -0.123. The van der Waals surface area contributed by atoms with Crippen molar-refractivity contribution in [2.75, 3.05) is 4.90 Å². The number of rotatable bonds is 6. The molecule has 0 radical (unpaired) electrons. The molecule has 1 atom stereocenters. The van der Waals surface area contributed by atoms with Crippen molar-refractivity contribution in [3.8, 4) is 0 Å². The van der Waals surface area contributed by atoms with Crippen molar-refractivity contribution in [1.82, 2.24) is 14.9 Å². The van der Waals surface area contributed by atoms with E-state index in [4.69, 9.17) is 4.42 Å². The second kappa shape index (κ2) is 9.43. The number of aryl methyl sites for hydroxylation is 2. The van der Waals surface area contributed by atoms with Gasteiger partial charge in [0.05, 0.1) is 0 Å². The number of benzene rings is 1. The first-order chi connectivity index (χ1) is 15.0. The van der Waals surface area contributed by atoms with E-state index in [9.17, 15) is 9.59 Å². The highest BCUT2D eigenvalue weighted by Crippen LogP contribution is 2.33. The van der Waals surface area contributed by atoms with Crippen LogP contribution in [0.15, 0.2) is 46.2 Å². The van der Waals surface area contributed by atoms with Crippen molar-refractivity contribution in [3.63, 3.8) is 0 Å². The summed E-state index contributed by atoms with van der Waals surface area (Å²) in [6.07, 6.45) is 5.28. The van der Waals surface area contributed by atoms with E-state index in [0.717, 1.165) is 42.8 Å². The largest absolute Gasteiger partial charge is 0.464 e.